The van der Waals surface area contributed by atoms with Gasteiger partial charge >= 0.3 is 5.97 Å². The molecule has 0 aliphatic rings. The highest BCUT2D eigenvalue weighted by atomic mass is 79.9. The Bertz CT molecular complexity index is 522. The van der Waals surface area contributed by atoms with Crippen LogP contribution in [-0.4, -0.2) is 20.5 Å². The van der Waals surface area contributed by atoms with Crippen molar-refractivity contribution in [2.24, 2.45) is 0 Å². The van der Waals surface area contributed by atoms with E-state index in [-0.39, 0.29) is 6.42 Å². The molecule has 84 valence electrons. The quantitative estimate of drug-likeness (QED) is 0.938. The van der Waals surface area contributed by atoms with Crippen LogP contribution in [0.3, 0.4) is 0 Å². The molecule has 2 rings (SSSR count). The summed E-state index contributed by atoms with van der Waals surface area (Å²) in [6, 6.07) is 3.92. The van der Waals surface area contributed by atoms with E-state index in [0.717, 1.165) is 15.8 Å². The van der Waals surface area contributed by atoms with Crippen LogP contribution in [0.1, 0.15) is 18.7 Å². The molecule has 16 heavy (non-hydrogen) atoms. The summed E-state index contributed by atoms with van der Waals surface area (Å²) >= 11 is 3.39. The number of carboxylic acid groups (broad SMARTS) is 1. The van der Waals surface area contributed by atoms with E-state index in [0.29, 0.717) is 12.8 Å². The lowest BCUT2D eigenvalue weighted by molar-refractivity contribution is -0.137. The highest BCUT2D eigenvalue weighted by Gasteiger charge is 2.04. The zero-order chi connectivity index (χ0) is 11.5. The summed E-state index contributed by atoms with van der Waals surface area (Å²) in [5.41, 5.74) is 1.01. The highest BCUT2D eigenvalue weighted by molar-refractivity contribution is 9.10. The number of aliphatic carboxylic acids is 1. The summed E-state index contributed by atoms with van der Waals surface area (Å²) in [7, 11) is 0. The Morgan fingerprint density at radius 1 is 1.56 bits per heavy atom. The van der Waals surface area contributed by atoms with Gasteiger partial charge in [-0.2, -0.15) is 0 Å². The fraction of sp³-hybridized carbons (Fsp3) is 0.273. The third-order valence-electron chi connectivity index (χ3n) is 2.36. The molecule has 2 aromatic rings. The Kier molecular flexibility index (Phi) is 3.24. The van der Waals surface area contributed by atoms with Gasteiger partial charge in [0.15, 0.2) is 0 Å². The predicted molar refractivity (Wildman–Crippen MR) is 63.5 cm³/mol. The van der Waals surface area contributed by atoms with E-state index in [1.165, 1.54) is 0 Å². The van der Waals surface area contributed by atoms with Crippen LogP contribution < -0.4 is 0 Å². The maximum Gasteiger partial charge on any atom is 0.303 e. The third-order valence-corrected chi connectivity index (χ3v) is 2.85. The number of aromatic nitrogens is 2. The van der Waals surface area contributed by atoms with Gasteiger partial charge in [0.05, 0.1) is 11.7 Å². The Labute approximate surface area is 101 Å². The molecule has 0 saturated carbocycles. The largest absolute Gasteiger partial charge is 0.481 e. The summed E-state index contributed by atoms with van der Waals surface area (Å²) in [5.74, 6) is 0.146. The molecule has 0 atom stereocenters. The van der Waals surface area contributed by atoms with E-state index in [4.69, 9.17) is 5.11 Å². The molecule has 2 heterocycles. The van der Waals surface area contributed by atoms with E-state index in [1.54, 1.807) is 6.20 Å². The number of aryl methyl sites for hydroxylation is 1. The number of hydrogen-bond acceptors (Lipinski definition) is 2. The first-order valence-corrected chi connectivity index (χ1v) is 5.79. The lowest BCUT2D eigenvalue weighted by atomic mass is 10.2. The number of imidazole rings is 1. The molecule has 4 nitrogen and oxygen atoms in total. The summed E-state index contributed by atoms with van der Waals surface area (Å²) in [5, 5.41) is 8.56. The normalized spacial score (nSPS) is 10.8. The zero-order valence-corrected chi connectivity index (χ0v) is 10.1. The molecular formula is C11H11BrN2O2. The Balaban J connectivity index is 2.15. The van der Waals surface area contributed by atoms with Gasteiger partial charge in [-0.05, 0) is 18.6 Å². The lowest BCUT2D eigenvalue weighted by Crippen LogP contribution is -1.99. The summed E-state index contributed by atoms with van der Waals surface area (Å²) < 4.78 is 2.99. The van der Waals surface area contributed by atoms with Crippen LogP contribution in [0.25, 0.3) is 5.52 Å². The number of halogens is 1. The minimum atomic E-state index is -0.761. The first-order chi connectivity index (χ1) is 7.66. The monoisotopic (exact) mass is 282 g/mol. The van der Waals surface area contributed by atoms with Crippen LogP contribution in [-0.2, 0) is 11.2 Å². The van der Waals surface area contributed by atoms with Crippen LogP contribution in [0.15, 0.2) is 29.0 Å². The molecule has 0 radical (unpaired) electrons. The van der Waals surface area contributed by atoms with Crippen molar-refractivity contribution in [1.29, 1.82) is 0 Å². The minimum Gasteiger partial charge on any atom is -0.481 e. The number of carbonyl (C=O) groups is 1. The van der Waals surface area contributed by atoms with Crippen molar-refractivity contribution in [3.05, 3.63) is 34.8 Å². The van der Waals surface area contributed by atoms with Crippen molar-refractivity contribution in [1.82, 2.24) is 9.38 Å². The van der Waals surface area contributed by atoms with Crippen molar-refractivity contribution in [2.75, 3.05) is 0 Å². The molecule has 0 bridgehead atoms. The molecule has 0 aliphatic heterocycles. The molecular weight excluding hydrogens is 272 g/mol. The highest BCUT2D eigenvalue weighted by Crippen LogP contribution is 2.15. The third kappa shape index (κ3) is 2.41. The van der Waals surface area contributed by atoms with Gasteiger partial charge in [0.2, 0.25) is 0 Å². The van der Waals surface area contributed by atoms with Crippen molar-refractivity contribution >= 4 is 27.4 Å². The van der Waals surface area contributed by atoms with Gasteiger partial charge < -0.3 is 9.51 Å². The molecule has 0 fully saturated rings. The molecule has 5 heteroatoms. The zero-order valence-electron chi connectivity index (χ0n) is 8.56. The number of pyridine rings is 1. The second-order valence-corrected chi connectivity index (χ2v) is 4.48. The van der Waals surface area contributed by atoms with Crippen molar-refractivity contribution in [3.63, 3.8) is 0 Å². The van der Waals surface area contributed by atoms with Crippen LogP contribution in [0.5, 0.6) is 0 Å². The summed E-state index contributed by atoms with van der Waals surface area (Å²) in [4.78, 5) is 14.7. The number of hydrogen-bond donors (Lipinski definition) is 1. The van der Waals surface area contributed by atoms with Gasteiger partial charge in [0.25, 0.3) is 0 Å². The lowest BCUT2D eigenvalue weighted by Gasteiger charge is -2.00. The fourth-order valence-corrected chi connectivity index (χ4v) is 1.96. The van der Waals surface area contributed by atoms with E-state index in [1.807, 2.05) is 22.7 Å². The first kappa shape index (κ1) is 11.1. The van der Waals surface area contributed by atoms with E-state index in [9.17, 15) is 4.79 Å². The van der Waals surface area contributed by atoms with Gasteiger partial charge in [-0.25, -0.2) is 4.98 Å². The number of carboxylic acids is 1. The van der Waals surface area contributed by atoms with E-state index < -0.39 is 5.97 Å². The second kappa shape index (κ2) is 4.65. The maximum absolute atomic E-state index is 10.4. The van der Waals surface area contributed by atoms with Crippen molar-refractivity contribution < 1.29 is 9.90 Å². The maximum atomic E-state index is 10.4. The SMILES string of the molecule is O=C(O)CCCc1ncc2cc(Br)ccn12. The van der Waals surface area contributed by atoms with Gasteiger partial charge in [-0.15, -0.1) is 0 Å². The van der Waals surface area contributed by atoms with Crippen LogP contribution in [0.2, 0.25) is 0 Å². The number of fused-ring (bicyclic) bond motifs is 1. The summed E-state index contributed by atoms with van der Waals surface area (Å²) in [6.07, 6.45) is 5.21. The average Bonchev–Trinajstić information content (AvgIpc) is 2.60. The molecule has 0 saturated heterocycles. The Morgan fingerprint density at radius 2 is 2.38 bits per heavy atom. The minimum absolute atomic E-state index is 0.186. The predicted octanol–water partition coefficient (Wildman–Crippen LogP) is 2.50. The van der Waals surface area contributed by atoms with Gasteiger partial charge in [-0.3, -0.25) is 4.79 Å². The van der Waals surface area contributed by atoms with Crippen LogP contribution in [0.4, 0.5) is 0 Å². The summed E-state index contributed by atoms with van der Waals surface area (Å²) in [6.45, 7) is 0. The standard InChI is InChI=1S/C11H11BrN2O2/c12-8-4-5-14-9(6-8)7-13-10(14)2-1-3-11(15)16/h4-7H,1-3H2,(H,15,16). The molecule has 0 aliphatic carbocycles. The smallest absolute Gasteiger partial charge is 0.303 e. The average molecular weight is 283 g/mol. The molecule has 1 N–H and O–H groups in total. The van der Waals surface area contributed by atoms with Crippen LogP contribution in [0, 0.1) is 0 Å². The Morgan fingerprint density at radius 3 is 3.12 bits per heavy atom. The molecule has 2 aromatic heterocycles. The van der Waals surface area contributed by atoms with E-state index in [2.05, 4.69) is 20.9 Å². The van der Waals surface area contributed by atoms with Crippen LogP contribution >= 0.6 is 15.9 Å². The number of nitrogens with zero attached hydrogens (tertiary/aromatic N) is 2. The topological polar surface area (TPSA) is 54.6 Å². The second-order valence-electron chi connectivity index (χ2n) is 3.56. The first-order valence-electron chi connectivity index (χ1n) is 5.00. The molecule has 0 unspecified atom stereocenters. The fourth-order valence-electron chi connectivity index (χ4n) is 1.61. The molecule has 0 amide bonds. The van der Waals surface area contributed by atoms with Gasteiger partial charge in [0, 0.05) is 23.5 Å². The molecule has 0 spiro atoms. The van der Waals surface area contributed by atoms with Gasteiger partial charge in [-0.1, -0.05) is 15.9 Å². The Hall–Kier alpha value is -1.36. The number of rotatable bonds is 4. The van der Waals surface area contributed by atoms with Crippen molar-refractivity contribution in [3.8, 4) is 0 Å². The van der Waals surface area contributed by atoms with E-state index >= 15 is 0 Å². The van der Waals surface area contributed by atoms with Crippen molar-refractivity contribution in [2.45, 2.75) is 19.3 Å². The van der Waals surface area contributed by atoms with Gasteiger partial charge in [0.1, 0.15) is 5.82 Å². The molecule has 0 aromatic carbocycles.